The van der Waals surface area contributed by atoms with E-state index >= 15 is 0 Å². The molecule has 3 nitrogen and oxygen atoms in total. The fraction of sp³-hybridized carbons (Fsp3) is 0.500. The summed E-state index contributed by atoms with van der Waals surface area (Å²) in [5.74, 6) is -0.770. The summed E-state index contributed by atoms with van der Waals surface area (Å²) in [6.07, 6.45) is 0.889. The zero-order valence-corrected chi connectivity index (χ0v) is 11.0. The van der Waals surface area contributed by atoms with Gasteiger partial charge in [-0.2, -0.15) is 0 Å². The number of carbonyl (C=O) groups is 1. The second-order valence-corrected chi connectivity index (χ2v) is 4.67. The molecule has 0 aliphatic heterocycles. The van der Waals surface area contributed by atoms with E-state index < -0.39 is 12.0 Å². The molecule has 3 heteroatoms. The minimum atomic E-state index is -0.770. The second-order valence-electron chi connectivity index (χ2n) is 4.67. The molecule has 1 atom stereocenters. The number of carboxylic acids is 1. The number of aliphatic carboxylic acids is 1. The normalized spacial score (nSPS) is 12.8. The second kappa shape index (κ2) is 5.82. The van der Waals surface area contributed by atoms with Gasteiger partial charge in [-0.25, -0.2) is 0 Å². The predicted octanol–water partition coefficient (Wildman–Crippen LogP) is 2.25. The number of carboxylic acid groups (broad SMARTS) is 1. The molecule has 0 saturated carbocycles. The summed E-state index contributed by atoms with van der Waals surface area (Å²) in [4.78, 5) is 12.7. The molecule has 0 heterocycles. The van der Waals surface area contributed by atoms with Crippen molar-refractivity contribution in [1.82, 2.24) is 4.90 Å². The van der Waals surface area contributed by atoms with E-state index in [0.717, 1.165) is 13.0 Å². The van der Waals surface area contributed by atoms with Crippen LogP contribution in [0.5, 0.6) is 0 Å². The molecule has 17 heavy (non-hydrogen) atoms. The van der Waals surface area contributed by atoms with E-state index in [-0.39, 0.29) is 0 Å². The van der Waals surface area contributed by atoms with Crippen molar-refractivity contribution in [2.45, 2.75) is 33.2 Å². The summed E-state index contributed by atoms with van der Waals surface area (Å²) in [6, 6.07) is 5.96. The lowest BCUT2D eigenvalue weighted by Crippen LogP contribution is -2.37. The van der Waals surface area contributed by atoms with Crippen molar-refractivity contribution < 1.29 is 9.90 Å². The molecule has 0 saturated heterocycles. The van der Waals surface area contributed by atoms with Crippen LogP contribution in [0.2, 0.25) is 0 Å². The van der Waals surface area contributed by atoms with Gasteiger partial charge in [-0.1, -0.05) is 23.8 Å². The SMILES string of the molecule is Cc1ccc(CCN(C)C(C)C(=O)O)c(C)c1. The third kappa shape index (κ3) is 3.86. The fourth-order valence-corrected chi connectivity index (χ4v) is 1.81. The Hall–Kier alpha value is -1.35. The highest BCUT2D eigenvalue weighted by molar-refractivity contribution is 5.72. The van der Waals surface area contributed by atoms with Crippen molar-refractivity contribution in [3.8, 4) is 0 Å². The van der Waals surface area contributed by atoms with Gasteiger partial charge in [0, 0.05) is 6.54 Å². The minimum absolute atomic E-state index is 0.430. The van der Waals surface area contributed by atoms with Crippen LogP contribution < -0.4 is 0 Å². The Bertz CT molecular complexity index is 401. The number of rotatable bonds is 5. The fourth-order valence-electron chi connectivity index (χ4n) is 1.81. The number of aryl methyl sites for hydroxylation is 2. The van der Waals surface area contributed by atoms with Crippen LogP contribution in [-0.4, -0.2) is 35.6 Å². The van der Waals surface area contributed by atoms with Crippen LogP contribution in [0.15, 0.2) is 18.2 Å². The van der Waals surface area contributed by atoms with Crippen LogP contribution in [0, 0.1) is 13.8 Å². The number of hydrogen-bond donors (Lipinski definition) is 1. The smallest absolute Gasteiger partial charge is 0.320 e. The topological polar surface area (TPSA) is 40.5 Å². The molecule has 1 aromatic carbocycles. The molecule has 1 unspecified atom stereocenters. The van der Waals surface area contributed by atoms with Gasteiger partial charge in [0.05, 0.1) is 0 Å². The Balaban J connectivity index is 2.58. The first kappa shape index (κ1) is 13.7. The number of nitrogens with zero attached hydrogens (tertiary/aromatic N) is 1. The van der Waals surface area contributed by atoms with E-state index in [1.54, 1.807) is 6.92 Å². The Kier molecular flexibility index (Phi) is 4.70. The van der Waals surface area contributed by atoms with Gasteiger partial charge in [0.1, 0.15) is 6.04 Å². The lowest BCUT2D eigenvalue weighted by Gasteiger charge is -2.21. The Morgan fingerprint density at radius 1 is 1.41 bits per heavy atom. The zero-order valence-electron chi connectivity index (χ0n) is 11.0. The minimum Gasteiger partial charge on any atom is -0.480 e. The summed E-state index contributed by atoms with van der Waals surface area (Å²) in [6.45, 7) is 6.65. The van der Waals surface area contributed by atoms with Gasteiger partial charge < -0.3 is 5.11 Å². The van der Waals surface area contributed by atoms with Crippen LogP contribution in [-0.2, 0) is 11.2 Å². The lowest BCUT2D eigenvalue weighted by molar-refractivity contribution is -0.142. The van der Waals surface area contributed by atoms with E-state index in [1.807, 2.05) is 11.9 Å². The molecule has 1 rings (SSSR count). The zero-order chi connectivity index (χ0) is 13.0. The summed E-state index contributed by atoms with van der Waals surface area (Å²) in [5, 5.41) is 8.90. The van der Waals surface area contributed by atoms with Crippen molar-refractivity contribution in [2.75, 3.05) is 13.6 Å². The molecule has 0 fully saturated rings. The largest absolute Gasteiger partial charge is 0.480 e. The molecule has 0 aliphatic rings. The van der Waals surface area contributed by atoms with Gasteiger partial charge in [-0.05, 0) is 45.4 Å². The van der Waals surface area contributed by atoms with Crippen molar-refractivity contribution in [2.24, 2.45) is 0 Å². The van der Waals surface area contributed by atoms with Gasteiger partial charge in [0.15, 0.2) is 0 Å². The molecule has 94 valence electrons. The van der Waals surface area contributed by atoms with E-state index in [4.69, 9.17) is 5.11 Å². The molecule has 0 amide bonds. The van der Waals surface area contributed by atoms with Gasteiger partial charge in [-0.15, -0.1) is 0 Å². The first-order valence-electron chi connectivity index (χ1n) is 5.91. The molecule has 1 aromatic rings. The van der Waals surface area contributed by atoms with Crippen LogP contribution in [0.3, 0.4) is 0 Å². The lowest BCUT2D eigenvalue weighted by atomic mass is 10.0. The van der Waals surface area contributed by atoms with E-state index in [1.165, 1.54) is 16.7 Å². The first-order valence-corrected chi connectivity index (χ1v) is 5.91. The molecule has 0 spiro atoms. The summed E-state index contributed by atoms with van der Waals surface area (Å²) >= 11 is 0. The highest BCUT2D eigenvalue weighted by atomic mass is 16.4. The van der Waals surface area contributed by atoms with Crippen LogP contribution >= 0.6 is 0 Å². The number of hydrogen-bond acceptors (Lipinski definition) is 2. The van der Waals surface area contributed by atoms with Crippen LogP contribution in [0.25, 0.3) is 0 Å². The molecule has 0 aromatic heterocycles. The molecule has 0 bridgehead atoms. The quantitative estimate of drug-likeness (QED) is 0.851. The van der Waals surface area contributed by atoms with Crippen molar-refractivity contribution >= 4 is 5.97 Å². The maximum absolute atomic E-state index is 10.8. The number of likely N-dealkylation sites (N-methyl/N-ethyl adjacent to an activating group) is 1. The highest BCUT2D eigenvalue weighted by Crippen LogP contribution is 2.12. The van der Waals surface area contributed by atoms with Crippen molar-refractivity contribution in [1.29, 1.82) is 0 Å². The standard InChI is InChI=1S/C14H21NO2/c1-10-5-6-13(11(2)9-10)7-8-15(4)12(3)14(16)17/h5-6,9,12H,7-8H2,1-4H3,(H,16,17). The molecular formula is C14H21NO2. The summed E-state index contributed by atoms with van der Waals surface area (Å²) < 4.78 is 0. The molecule has 1 N–H and O–H groups in total. The predicted molar refractivity (Wildman–Crippen MR) is 69.3 cm³/mol. The average Bonchev–Trinajstić information content (AvgIpc) is 2.26. The maximum Gasteiger partial charge on any atom is 0.320 e. The summed E-state index contributed by atoms with van der Waals surface area (Å²) in [5.41, 5.74) is 3.83. The van der Waals surface area contributed by atoms with E-state index in [0.29, 0.717) is 0 Å². The van der Waals surface area contributed by atoms with Crippen molar-refractivity contribution in [3.05, 3.63) is 34.9 Å². The monoisotopic (exact) mass is 235 g/mol. The van der Waals surface area contributed by atoms with E-state index in [9.17, 15) is 4.79 Å². The maximum atomic E-state index is 10.8. The Labute approximate surface area is 103 Å². The van der Waals surface area contributed by atoms with Crippen LogP contribution in [0.4, 0.5) is 0 Å². The first-order chi connectivity index (χ1) is 7.91. The highest BCUT2D eigenvalue weighted by Gasteiger charge is 2.16. The third-order valence-corrected chi connectivity index (χ3v) is 3.25. The Morgan fingerprint density at radius 3 is 2.59 bits per heavy atom. The Morgan fingerprint density at radius 2 is 2.06 bits per heavy atom. The third-order valence-electron chi connectivity index (χ3n) is 3.25. The van der Waals surface area contributed by atoms with Crippen LogP contribution in [0.1, 0.15) is 23.6 Å². The van der Waals surface area contributed by atoms with Crippen molar-refractivity contribution in [3.63, 3.8) is 0 Å². The average molecular weight is 235 g/mol. The van der Waals surface area contributed by atoms with Gasteiger partial charge in [0.25, 0.3) is 0 Å². The summed E-state index contributed by atoms with van der Waals surface area (Å²) in [7, 11) is 1.85. The van der Waals surface area contributed by atoms with E-state index in [2.05, 4.69) is 32.0 Å². The molecule has 0 radical (unpaired) electrons. The number of benzene rings is 1. The molecular weight excluding hydrogens is 214 g/mol. The van der Waals surface area contributed by atoms with Gasteiger partial charge in [-0.3, -0.25) is 9.69 Å². The van der Waals surface area contributed by atoms with Gasteiger partial charge in [0.2, 0.25) is 0 Å². The molecule has 0 aliphatic carbocycles. The van der Waals surface area contributed by atoms with Gasteiger partial charge >= 0.3 is 5.97 Å².